The highest BCUT2D eigenvalue weighted by molar-refractivity contribution is 6.36. The first-order valence-corrected chi connectivity index (χ1v) is 12.6. The summed E-state index contributed by atoms with van der Waals surface area (Å²) in [5.41, 5.74) is 7.60. The molecule has 16 heteroatoms. The Bertz CT molecular complexity index is 1400. The van der Waals surface area contributed by atoms with Gasteiger partial charge in [0, 0.05) is 43.0 Å². The number of carboxylic acid groups (broad SMARTS) is 1. The number of benzene rings is 1. The van der Waals surface area contributed by atoms with Gasteiger partial charge in [-0.3, -0.25) is 9.78 Å². The Hall–Kier alpha value is -3.75. The van der Waals surface area contributed by atoms with Gasteiger partial charge in [0.1, 0.15) is 17.6 Å². The molecule has 10 nitrogen and oxygen atoms in total. The number of carbonyl (C=O) groups is 2. The van der Waals surface area contributed by atoms with Crippen LogP contribution in [0.5, 0.6) is 5.88 Å². The van der Waals surface area contributed by atoms with Gasteiger partial charge in [-0.25, -0.2) is 19.2 Å². The molecule has 3 heterocycles. The third-order valence-corrected chi connectivity index (χ3v) is 6.56. The molecule has 1 amide bonds. The summed E-state index contributed by atoms with van der Waals surface area (Å²) in [4.78, 5) is 38.6. The summed E-state index contributed by atoms with van der Waals surface area (Å²) in [5, 5.41) is 7.24. The highest BCUT2D eigenvalue weighted by atomic mass is 35.5. The standard InChI is InChI=1S/C23H23Cl2FN6O2.C2HF3O2/c1-13(19-15(24)4-5-16(26)20(19)25)34-22-21(27)29-12-18(30-22)17-6-3-14(11-28-17)23(33)32-9-7-31(2)8-10-32;3-2(4,5)1(6)7/h3-6,11-13H,7-10H2,1-2H3,(H2,27,29);(H,6,7). The summed E-state index contributed by atoms with van der Waals surface area (Å²) in [6.45, 7) is 4.69. The predicted octanol–water partition coefficient (Wildman–Crippen LogP) is 4.73. The number of amides is 1. The first-order chi connectivity index (χ1) is 19.2. The van der Waals surface area contributed by atoms with E-state index in [4.69, 9.17) is 43.6 Å². The largest absolute Gasteiger partial charge is 0.490 e. The summed E-state index contributed by atoms with van der Waals surface area (Å²) in [6.07, 6.45) is -2.86. The van der Waals surface area contributed by atoms with E-state index in [1.54, 1.807) is 19.1 Å². The number of nitrogens with two attached hydrogens (primary N) is 1. The van der Waals surface area contributed by atoms with Crippen LogP contribution in [0.3, 0.4) is 0 Å². The normalized spacial score (nSPS) is 14.6. The van der Waals surface area contributed by atoms with Crippen LogP contribution in [0.4, 0.5) is 23.4 Å². The van der Waals surface area contributed by atoms with Crippen molar-refractivity contribution in [3.8, 4) is 17.3 Å². The average molecular weight is 619 g/mol. The number of hydrogen-bond donors (Lipinski definition) is 2. The molecular weight excluding hydrogens is 595 g/mol. The van der Waals surface area contributed by atoms with Crippen LogP contribution < -0.4 is 10.5 Å². The van der Waals surface area contributed by atoms with Crippen molar-refractivity contribution in [3.63, 3.8) is 0 Å². The number of carboxylic acids is 1. The van der Waals surface area contributed by atoms with Crippen LogP contribution in [0.1, 0.15) is 28.9 Å². The van der Waals surface area contributed by atoms with Gasteiger partial charge >= 0.3 is 12.1 Å². The number of nitrogens with zero attached hydrogens (tertiary/aromatic N) is 5. The van der Waals surface area contributed by atoms with Crippen LogP contribution in [0.15, 0.2) is 36.7 Å². The Morgan fingerprint density at radius 1 is 1.05 bits per heavy atom. The molecule has 0 radical (unpaired) electrons. The topological polar surface area (TPSA) is 135 Å². The van der Waals surface area contributed by atoms with Gasteiger partial charge in [-0.05, 0) is 38.2 Å². The lowest BCUT2D eigenvalue weighted by molar-refractivity contribution is -0.192. The van der Waals surface area contributed by atoms with Gasteiger partial charge in [-0.15, -0.1) is 0 Å². The Kier molecular flexibility index (Phi) is 10.3. The van der Waals surface area contributed by atoms with E-state index >= 15 is 0 Å². The molecule has 1 aromatic carbocycles. The monoisotopic (exact) mass is 618 g/mol. The fraction of sp³-hybridized carbons (Fsp3) is 0.320. The summed E-state index contributed by atoms with van der Waals surface area (Å²) >= 11 is 12.3. The molecule has 1 atom stereocenters. The number of carbonyl (C=O) groups excluding carboxylic acids is 1. The van der Waals surface area contributed by atoms with Crippen LogP contribution in [0.25, 0.3) is 11.4 Å². The van der Waals surface area contributed by atoms with Gasteiger partial charge in [-0.2, -0.15) is 13.2 Å². The first kappa shape index (κ1) is 31.8. The quantitative estimate of drug-likeness (QED) is 0.307. The maximum absolute atomic E-state index is 13.9. The minimum Gasteiger partial charge on any atom is -0.475 e. The number of alkyl halides is 3. The van der Waals surface area contributed by atoms with E-state index < -0.39 is 24.1 Å². The molecule has 3 N–H and O–H groups in total. The number of nitrogen functional groups attached to an aromatic ring is 1. The van der Waals surface area contributed by atoms with E-state index in [9.17, 15) is 22.4 Å². The van der Waals surface area contributed by atoms with Crippen LogP contribution in [-0.2, 0) is 4.79 Å². The fourth-order valence-electron chi connectivity index (χ4n) is 3.60. The molecule has 220 valence electrons. The maximum Gasteiger partial charge on any atom is 0.490 e. The van der Waals surface area contributed by atoms with Crippen molar-refractivity contribution < 1.29 is 37.0 Å². The van der Waals surface area contributed by atoms with Crippen molar-refractivity contribution in [2.24, 2.45) is 0 Å². The summed E-state index contributed by atoms with van der Waals surface area (Å²) in [5.74, 6) is -3.36. The fourth-order valence-corrected chi connectivity index (χ4v) is 4.28. The van der Waals surface area contributed by atoms with Crippen molar-refractivity contribution in [3.05, 3.63) is 63.6 Å². The van der Waals surface area contributed by atoms with Crippen LogP contribution >= 0.6 is 23.2 Å². The molecule has 1 unspecified atom stereocenters. The lowest BCUT2D eigenvalue weighted by Gasteiger charge is -2.32. The Labute approximate surface area is 241 Å². The van der Waals surface area contributed by atoms with E-state index in [1.807, 2.05) is 11.9 Å². The Morgan fingerprint density at radius 3 is 2.24 bits per heavy atom. The zero-order chi connectivity index (χ0) is 30.5. The molecule has 0 saturated carbocycles. The minimum atomic E-state index is -5.08. The van der Waals surface area contributed by atoms with Gasteiger partial charge in [0.2, 0.25) is 0 Å². The number of piperazine rings is 1. The number of hydrogen-bond acceptors (Lipinski definition) is 8. The predicted molar refractivity (Wildman–Crippen MR) is 142 cm³/mol. The van der Waals surface area contributed by atoms with E-state index in [0.29, 0.717) is 30.0 Å². The number of rotatable bonds is 5. The molecule has 4 rings (SSSR count). The van der Waals surface area contributed by atoms with Crippen molar-refractivity contribution in [2.45, 2.75) is 19.2 Å². The summed E-state index contributed by atoms with van der Waals surface area (Å²) < 4.78 is 51.5. The lowest BCUT2D eigenvalue weighted by Crippen LogP contribution is -2.47. The van der Waals surface area contributed by atoms with Gasteiger partial charge in [-0.1, -0.05) is 23.2 Å². The lowest BCUT2D eigenvalue weighted by atomic mass is 10.1. The van der Waals surface area contributed by atoms with E-state index in [1.165, 1.54) is 24.5 Å². The second-order valence-corrected chi connectivity index (χ2v) is 9.58. The van der Waals surface area contributed by atoms with Crippen molar-refractivity contribution in [1.29, 1.82) is 0 Å². The van der Waals surface area contributed by atoms with Crippen LogP contribution in [-0.4, -0.2) is 81.1 Å². The van der Waals surface area contributed by atoms with Gasteiger partial charge in [0.05, 0.1) is 22.5 Å². The Balaban J connectivity index is 0.000000587. The smallest absolute Gasteiger partial charge is 0.475 e. The van der Waals surface area contributed by atoms with Gasteiger partial charge in [0.25, 0.3) is 11.8 Å². The Morgan fingerprint density at radius 2 is 1.68 bits per heavy atom. The van der Waals surface area contributed by atoms with Crippen LogP contribution in [0.2, 0.25) is 10.0 Å². The zero-order valence-corrected chi connectivity index (χ0v) is 23.1. The number of pyridine rings is 1. The number of anilines is 1. The van der Waals surface area contributed by atoms with Crippen molar-refractivity contribution in [2.75, 3.05) is 39.0 Å². The third-order valence-electron chi connectivity index (χ3n) is 5.85. The molecule has 0 aliphatic carbocycles. The van der Waals surface area contributed by atoms with E-state index in [2.05, 4.69) is 19.9 Å². The summed E-state index contributed by atoms with van der Waals surface area (Å²) in [7, 11) is 2.03. The first-order valence-electron chi connectivity index (χ1n) is 11.9. The average Bonchev–Trinajstić information content (AvgIpc) is 2.92. The molecule has 1 aliphatic rings. The SMILES string of the molecule is CC(Oc1nc(-c2ccc(C(=O)N3CCN(C)CC3)cn2)cnc1N)c1c(Cl)ccc(F)c1Cl.O=C(O)C(F)(F)F. The second-order valence-electron chi connectivity index (χ2n) is 8.79. The van der Waals surface area contributed by atoms with Gasteiger partial charge in [0.15, 0.2) is 5.82 Å². The van der Waals surface area contributed by atoms with Crippen LogP contribution in [0, 0.1) is 5.82 Å². The number of ether oxygens (including phenoxy) is 1. The molecule has 0 bridgehead atoms. The van der Waals surface area contributed by atoms with E-state index in [-0.39, 0.29) is 33.2 Å². The molecule has 1 fully saturated rings. The highest BCUT2D eigenvalue weighted by Gasteiger charge is 2.38. The van der Waals surface area contributed by atoms with E-state index in [0.717, 1.165) is 13.1 Å². The molecule has 1 aliphatic heterocycles. The van der Waals surface area contributed by atoms with Gasteiger partial charge < -0.3 is 25.4 Å². The molecule has 0 spiro atoms. The van der Waals surface area contributed by atoms with Crippen molar-refractivity contribution in [1.82, 2.24) is 24.8 Å². The molecular formula is C25H24Cl2F4N6O4. The number of aliphatic carboxylic acids is 1. The summed E-state index contributed by atoms with van der Waals surface area (Å²) in [6, 6.07) is 5.98. The number of aromatic nitrogens is 3. The molecule has 41 heavy (non-hydrogen) atoms. The number of likely N-dealkylation sites (N-methyl/N-ethyl adjacent to an activating group) is 1. The second kappa shape index (κ2) is 13.3. The number of halogens is 6. The maximum atomic E-state index is 13.9. The molecule has 1 saturated heterocycles. The molecule has 3 aromatic rings. The minimum absolute atomic E-state index is 0.0285. The van der Waals surface area contributed by atoms with Crippen molar-refractivity contribution >= 4 is 40.9 Å². The third kappa shape index (κ3) is 8.15. The molecule has 2 aromatic heterocycles. The highest BCUT2D eigenvalue weighted by Crippen LogP contribution is 2.35. The zero-order valence-electron chi connectivity index (χ0n) is 21.6.